The fraction of sp³-hybridized carbons (Fsp3) is 0.311. The van der Waals surface area contributed by atoms with Crippen LogP contribution in [0.3, 0.4) is 0 Å². The summed E-state index contributed by atoms with van der Waals surface area (Å²) < 4.78 is 44.2. The number of amides is 2. The lowest BCUT2D eigenvalue weighted by Gasteiger charge is -2.26. The largest absolute Gasteiger partial charge is 0.492 e. The first-order valence-electron chi connectivity index (χ1n) is 19.1. The number of pyridine rings is 1. The van der Waals surface area contributed by atoms with Gasteiger partial charge in [0.15, 0.2) is 11.5 Å². The van der Waals surface area contributed by atoms with Gasteiger partial charge in [0.25, 0.3) is 0 Å². The van der Waals surface area contributed by atoms with E-state index in [4.69, 9.17) is 20.6 Å². The Bertz CT molecular complexity index is 2470. The molecule has 2 amide bonds. The second-order valence-electron chi connectivity index (χ2n) is 15.2. The molecule has 0 unspecified atom stereocenters. The second kappa shape index (κ2) is 18.1. The Morgan fingerprint density at radius 3 is 2.36 bits per heavy atom. The van der Waals surface area contributed by atoms with Crippen LogP contribution in [0.2, 0.25) is 0 Å². The minimum absolute atomic E-state index is 0.0412. The second-order valence-corrected chi connectivity index (χ2v) is 17.0. The highest BCUT2D eigenvalue weighted by molar-refractivity contribution is 7.92. The molecule has 1 aliphatic heterocycles. The van der Waals surface area contributed by atoms with Gasteiger partial charge in [0, 0.05) is 65.8 Å². The number of anilines is 3. The van der Waals surface area contributed by atoms with Crippen LogP contribution in [0, 0.1) is 12.3 Å². The maximum absolute atomic E-state index is 13.5. The zero-order valence-corrected chi connectivity index (χ0v) is 34.3. The molecular formula is C45H49N5O7S. The normalized spacial score (nSPS) is 13.4. The number of hydrogen-bond donors (Lipinski definition) is 3. The zero-order chi connectivity index (χ0) is 41.5. The van der Waals surface area contributed by atoms with E-state index in [2.05, 4.69) is 31.2 Å². The number of urea groups is 1. The Morgan fingerprint density at radius 1 is 0.931 bits per heavy atom. The fourth-order valence-corrected chi connectivity index (χ4v) is 7.39. The topological polar surface area (TPSA) is 148 Å². The number of aromatic nitrogens is 1. The van der Waals surface area contributed by atoms with Crippen molar-refractivity contribution in [2.75, 3.05) is 61.6 Å². The molecule has 13 heteroatoms. The van der Waals surface area contributed by atoms with Crippen LogP contribution in [-0.2, 0) is 26.6 Å². The van der Waals surface area contributed by atoms with E-state index in [1.165, 1.54) is 7.11 Å². The molecule has 0 saturated carbocycles. The molecule has 12 nitrogen and oxygen atoms in total. The summed E-state index contributed by atoms with van der Waals surface area (Å²) in [6.07, 6.45) is 10.3. The molecule has 4 aromatic carbocycles. The van der Waals surface area contributed by atoms with Gasteiger partial charge < -0.3 is 24.8 Å². The number of nitrogens with one attached hydrogen (secondary N) is 3. The van der Waals surface area contributed by atoms with E-state index in [0.717, 1.165) is 73.1 Å². The Balaban J connectivity index is 1.15. The Labute approximate surface area is 340 Å². The van der Waals surface area contributed by atoms with Crippen LogP contribution in [0.1, 0.15) is 66.4 Å². The Hall–Kier alpha value is -5.94. The number of ketones is 1. The number of sulfonamides is 1. The number of carbonyl (C=O) groups is 2. The number of ether oxygens (including phenoxy) is 3. The zero-order valence-electron chi connectivity index (χ0n) is 33.5. The van der Waals surface area contributed by atoms with Gasteiger partial charge in [-0.2, -0.15) is 0 Å². The molecule has 0 bridgehead atoms. The third-order valence-corrected chi connectivity index (χ3v) is 10.3. The molecule has 1 aliphatic rings. The minimum Gasteiger partial charge on any atom is -0.492 e. The van der Waals surface area contributed by atoms with Crippen molar-refractivity contribution in [1.29, 1.82) is 0 Å². The van der Waals surface area contributed by atoms with E-state index in [1.54, 1.807) is 36.5 Å². The third-order valence-electron chi connectivity index (χ3n) is 9.76. The van der Waals surface area contributed by atoms with E-state index < -0.39 is 16.1 Å². The van der Waals surface area contributed by atoms with Gasteiger partial charge in [0.1, 0.15) is 11.5 Å². The number of hydrogen-bond acceptors (Lipinski definition) is 9. The summed E-state index contributed by atoms with van der Waals surface area (Å²) in [5.41, 5.74) is 4.27. The number of methoxy groups -OCH3 is 1. The average Bonchev–Trinajstić information content (AvgIpc) is 3.18. The number of carbonyl (C=O) groups excluding carboxylic acids is 2. The molecule has 0 atom stereocenters. The van der Waals surface area contributed by atoms with Crippen molar-refractivity contribution < 1.29 is 32.2 Å². The van der Waals surface area contributed by atoms with Gasteiger partial charge in [-0.05, 0) is 72.0 Å². The van der Waals surface area contributed by atoms with Gasteiger partial charge in [0.05, 0.1) is 43.6 Å². The van der Waals surface area contributed by atoms with Gasteiger partial charge in [0.2, 0.25) is 10.0 Å². The first-order valence-corrected chi connectivity index (χ1v) is 21.0. The predicted molar refractivity (Wildman–Crippen MR) is 229 cm³/mol. The molecular weight excluding hydrogens is 755 g/mol. The van der Waals surface area contributed by atoms with Crippen LogP contribution >= 0.6 is 0 Å². The lowest BCUT2D eigenvalue weighted by molar-refractivity contribution is 0.0371. The van der Waals surface area contributed by atoms with Gasteiger partial charge in [-0.25, -0.2) is 13.2 Å². The average molecular weight is 804 g/mol. The van der Waals surface area contributed by atoms with Crippen LogP contribution in [-0.4, -0.2) is 76.3 Å². The lowest BCUT2D eigenvalue weighted by atomic mass is 9.86. The maximum atomic E-state index is 13.5. The van der Waals surface area contributed by atoms with E-state index in [-0.39, 0.29) is 22.6 Å². The van der Waals surface area contributed by atoms with Crippen molar-refractivity contribution in [3.8, 4) is 29.6 Å². The summed E-state index contributed by atoms with van der Waals surface area (Å²) in [4.78, 5) is 33.5. The number of terminal acetylenes is 1. The molecule has 58 heavy (non-hydrogen) atoms. The molecule has 302 valence electrons. The highest BCUT2D eigenvalue weighted by Gasteiger charge is 2.23. The SMILES string of the molecule is C#Cc1cc(Cc2cc(Oc3ccc(NC(=O)Nc4cc(C(C)(C)C)cc(NS(C)(=O)=O)c4OC)c4ccccc34)ccn2)ccc1C(=O)CCCN1CCOCC1. The van der Waals surface area contributed by atoms with Crippen LogP contribution < -0.4 is 24.8 Å². The van der Waals surface area contributed by atoms with Crippen molar-refractivity contribution in [2.45, 2.75) is 45.4 Å². The van der Waals surface area contributed by atoms with Crippen molar-refractivity contribution >= 4 is 49.7 Å². The van der Waals surface area contributed by atoms with Gasteiger partial charge in [-0.1, -0.05) is 57.0 Å². The van der Waals surface area contributed by atoms with Crippen LogP contribution in [0.25, 0.3) is 10.8 Å². The van der Waals surface area contributed by atoms with E-state index in [1.807, 2.05) is 69.3 Å². The number of morpholine rings is 1. The summed E-state index contributed by atoms with van der Waals surface area (Å²) in [6.45, 7) is 10.1. The van der Waals surface area contributed by atoms with E-state index in [0.29, 0.717) is 46.8 Å². The number of rotatable bonds is 14. The summed E-state index contributed by atoms with van der Waals surface area (Å²) in [5, 5.41) is 7.27. The molecule has 2 heterocycles. The van der Waals surface area contributed by atoms with Crippen LogP contribution in [0.15, 0.2) is 85.1 Å². The minimum atomic E-state index is -3.64. The predicted octanol–water partition coefficient (Wildman–Crippen LogP) is 8.22. The van der Waals surface area contributed by atoms with Gasteiger partial charge in [-0.3, -0.25) is 19.4 Å². The summed E-state index contributed by atoms with van der Waals surface area (Å²) in [5.74, 6) is 4.06. The third kappa shape index (κ3) is 10.7. The van der Waals surface area contributed by atoms with Crippen molar-refractivity contribution in [3.05, 3.63) is 113 Å². The standard InChI is InChI=1S/C45H49N5O7S/c1-7-31-25-30(14-15-35(31)41(51)13-10-20-50-21-23-56-24-22-50)26-33-29-34(18-19-46-33)57-42-17-16-38(36-11-8-9-12-37(36)42)47-44(52)48-39-27-32(45(2,3)4)28-40(43(39)55-5)49-58(6,53)54/h1,8-9,11-12,14-19,25,27-29,49H,10,13,20-24,26H2,2-6H3,(H2,47,48,52). The van der Waals surface area contributed by atoms with Gasteiger partial charge >= 0.3 is 6.03 Å². The molecule has 1 fully saturated rings. The van der Waals surface area contributed by atoms with Crippen LogP contribution in [0.5, 0.6) is 17.2 Å². The molecule has 3 N–H and O–H groups in total. The first kappa shape index (κ1) is 41.7. The van der Waals surface area contributed by atoms with Gasteiger partial charge in [-0.15, -0.1) is 6.42 Å². The van der Waals surface area contributed by atoms with E-state index >= 15 is 0 Å². The molecule has 0 radical (unpaired) electrons. The van der Waals surface area contributed by atoms with Crippen LogP contribution in [0.4, 0.5) is 21.9 Å². The number of Topliss-reactive ketones (excluding diaryl/α,β-unsaturated/α-hetero) is 1. The molecule has 0 spiro atoms. The molecule has 1 aromatic heterocycles. The van der Waals surface area contributed by atoms with Crippen molar-refractivity contribution in [2.24, 2.45) is 0 Å². The maximum Gasteiger partial charge on any atom is 0.323 e. The van der Waals surface area contributed by atoms with Crippen molar-refractivity contribution in [1.82, 2.24) is 9.88 Å². The first-order chi connectivity index (χ1) is 27.7. The summed E-state index contributed by atoms with van der Waals surface area (Å²) in [7, 11) is -2.23. The molecule has 1 saturated heterocycles. The smallest absolute Gasteiger partial charge is 0.323 e. The number of nitrogens with zero attached hydrogens (tertiary/aromatic N) is 2. The quantitative estimate of drug-likeness (QED) is 0.0746. The van der Waals surface area contributed by atoms with E-state index in [9.17, 15) is 18.0 Å². The number of benzene rings is 4. The Kier molecular flexibility index (Phi) is 13.0. The summed E-state index contributed by atoms with van der Waals surface area (Å²) in [6, 6.07) is 23.2. The lowest BCUT2D eigenvalue weighted by Crippen LogP contribution is -2.36. The highest BCUT2D eigenvalue weighted by Crippen LogP contribution is 2.40. The Morgan fingerprint density at radius 2 is 1.66 bits per heavy atom. The monoisotopic (exact) mass is 803 g/mol. The molecule has 5 aromatic rings. The van der Waals surface area contributed by atoms with Crippen molar-refractivity contribution in [3.63, 3.8) is 0 Å². The number of fused-ring (bicyclic) bond motifs is 1. The molecule has 6 rings (SSSR count). The highest BCUT2D eigenvalue weighted by atomic mass is 32.2. The summed E-state index contributed by atoms with van der Waals surface area (Å²) >= 11 is 0. The fourth-order valence-electron chi connectivity index (χ4n) is 6.83. The molecule has 0 aliphatic carbocycles.